The molecule has 18 atom stereocenters. The second kappa shape index (κ2) is 44.6. The molecular formula is C62H116O24. The van der Waals surface area contributed by atoms with Crippen LogP contribution in [-0.4, -0.2) is 233 Å². The zero-order chi connectivity index (χ0) is 63.3. The van der Waals surface area contributed by atoms with Gasteiger partial charge in [-0.3, -0.25) is 9.59 Å². The lowest BCUT2D eigenvalue weighted by Crippen LogP contribution is -2.62. The Labute approximate surface area is 510 Å². The van der Waals surface area contributed by atoms with Crippen LogP contribution in [0.4, 0.5) is 0 Å². The monoisotopic (exact) mass is 1240 g/mol. The van der Waals surface area contributed by atoms with Gasteiger partial charge in [0.05, 0.1) is 13.2 Å². The Balaban J connectivity index is 0.000000455. The summed E-state index contributed by atoms with van der Waals surface area (Å²) in [5, 5.41) is 141. The maximum atomic E-state index is 12.3. The molecule has 86 heavy (non-hydrogen) atoms. The molecule has 14 N–H and O–H groups in total. The number of hydrogen-bond acceptors (Lipinski definition) is 24. The summed E-state index contributed by atoms with van der Waals surface area (Å²) in [4.78, 5) is 24.5. The highest BCUT2D eigenvalue weighted by atomic mass is 16.8. The van der Waals surface area contributed by atoms with Gasteiger partial charge >= 0.3 is 11.9 Å². The minimum Gasteiger partial charge on any atom is -0.463 e. The van der Waals surface area contributed by atoms with Gasteiger partial charge in [-0.05, 0) is 12.8 Å². The molecule has 0 aromatic heterocycles. The summed E-state index contributed by atoms with van der Waals surface area (Å²) in [6, 6.07) is 0. The normalized spacial score (nSPS) is 32.7. The summed E-state index contributed by atoms with van der Waals surface area (Å²) < 4.78 is 43.0. The minimum atomic E-state index is -2.27. The number of unbranched alkanes of at least 4 members (excludes halogenated alkanes) is 30. The first kappa shape index (κ1) is 78.4. The molecular weight excluding hydrogens is 1130 g/mol. The van der Waals surface area contributed by atoms with Crippen LogP contribution in [-0.2, 0) is 47.5 Å². The number of rotatable bonds is 46. The van der Waals surface area contributed by atoms with Crippen molar-refractivity contribution in [1.82, 2.24) is 0 Å². The lowest BCUT2D eigenvalue weighted by molar-refractivity contribution is -0.383. The van der Waals surface area contributed by atoms with E-state index in [0.717, 1.165) is 38.5 Å². The SMILES string of the molecule is CCCCCCCCCCCCCCCC(=O)OC[C@H]1O[C@H](O[C@]2(CO)O[C@H](CO)[C@@H](O)[C@@H]2O)[C@H](O)[C@@H](O)[C@@H]1O.CCCCCCCCCCCCCCCCCCCCCC(=O)OC[C@H]1O[C@H](O[C@]2(CO)O[C@H](CO)[C@@H](O)[C@@H]2O)[C@H](O)[C@@H](O)[C@@H]1O. The highest BCUT2D eigenvalue weighted by Crippen LogP contribution is 2.38. The third-order valence-electron chi connectivity index (χ3n) is 17.1. The van der Waals surface area contributed by atoms with Gasteiger partial charge in [0, 0.05) is 12.8 Å². The van der Waals surface area contributed by atoms with Crippen molar-refractivity contribution in [1.29, 1.82) is 0 Å². The van der Waals surface area contributed by atoms with Gasteiger partial charge in [-0.15, -0.1) is 0 Å². The predicted octanol–water partition coefficient (Wildman–Crippen LogP) is 3.61. The highest BCUT2D eigenvalue weighted by molar-refractivity contribution is 5.69. The van der Waals surface area contributed by atoms with Crippen molar-refractivity contribution in [3.05, 3.63) is 0 Å². The van der Waals surface area contributed by atoms with E-state index in [0.29, 0.717) is 12.8 Å². The average Bonchev–Trinajstić information content (AvgIpc) is 1.69. The molecule has 0 spiro atoms. The molecule has 24 nitrogen and oxygen atoms in total. The summed E-state index contributed by atoms with van der Waals surface area (Å²) in [7, 11) is 0. The van der Waals surface area contributed by atoms with E-state index in [1.54, 1.807) is 0 Å². The number of ether oxygens (including phenoxy) is 8. The highest BCUT2D eigenvalue weighted by Gasteiger charge is 2.60. The van der Waals surface area contributed by atoms with Crippen LogP contribution in [0.15, 0.2) is 0 Å². The molecule has 4 aliphatic rings. The molecule has 4 rings (SSSR count). The summed E-state index contributed by atoms with van der Waals surface area (Å²) in [6.45, 7) is 0.297. The molecule has 4 saturated heterocycles. The van der Waals surface area contributed by atoms with Crippen molar-refractivity contribution in [2.24, 2.45) is 0 Å². The third-order valence-corrected chi connectivity index (χ3v) is 17.1. The molecule has 0 aliphatic carbocycles. The van der Waals surface area contributed by atoms with Gasteiger partial charge in [-0.25, -0.2) is 0 Å². The molecule has 4 aliphatic heterocycles. The summed E-state index contributed by atoms with van der Waals surface area (Å²) in [5.74, 6) is -5.52. The molecule has 508 valence electrons. The van der Waals surface area contributed by atoms with Gasteiger partial charge < -0.3 is 109 Å². The van der Waals surface area contributed by atoms with Gasteiger partial charge in [0.25, 0.3) is 0 Å². The Morgan fingerprint density at radius 3 is 0.826 bits per heavy atom. The van der Waals surface area contributed by atoms with Gasteiger partial charge in [0.2, 0.25) is 11.6 Å². The summed E-state index contributed by atoms with van der Waals surface area (Å²) in [6.07, 6.45) is 13.9. The van der Waals surface area contributed by atoms with Crippen LogP contribution >= 0.6 is 0 Å². The molecule has 0 amide bonds. The first-order valence-corrected chi connectivity index (χ1v) is 33.0. The van der Waals surface area contributed by atoms with E-state index in [1.807, 2.05) is 0 Å². The predicted molar refractivity (Wildman–Crippen MR) is 313 cm³/mol. The second-order valence-electron chi connectivity index (χ2n) is 24.2. The van der Waals surface area contributed by atoms with Gasteiger partial charge in [0.1, 0.15) is 112 Å². The molecule has 0 saturated carbocycles. The topological polar surface area (TPSA) is 391 Å². The van der Waals surface area contributed by atoms with Crippen LogP contribution < -0.4 is 0 Å². The van der Waals surface area contributed by atoms with Gasteiger partial charge in [-0.1, -0.05) is 206 Å². The van der Waals surface area contributed by atoms with Crippen LogP contribution in [0, 0.1) is 0 Å². The molecule has 0 bridgehead atoms. The first-order valence-electron chi connectivity index (χ1n) is 33.0. The molecule has 0 aromatic carbocycles. The average molecular weight is 1250 g/mol. The standard InChI is InChI=1S/C34H64O12.C28H52O12/c1-2-3-4-5-6-7-8-9-10-11-12-13-14-15-16-17-18-19-20-21-27(37)43-23-26-28(38)30(40)31(41)33(44-26)46-34(24-36)32(42)29(39)25(22-35)45-34;1-2-3-4-5-6-7-8-9-10-11-12-13-14-15-21(31)37-17-20-22(32)24(34)25(35)27(38-20)40-28(18-30)26(36)23(33)19(16-29)39-28/h25-26,28-33,35-36,38-42H,2-24H2,1H3;19-20,22-27,29-30,32-36H,2-18H2,1H3/t25-,26-,28-,29-,30+,31-,32+,33-,34+;19-,20-,22-,23-,24+,25-,26+,27-,28+/m11/s1. The Morgan fingerprint density at radius 1 is 0.337 bits per heavy atom. The Bertz CT molecular complexity index is 1720. The molecule has 0 aromatic rings. The van der Waals surface area contributed by atoms with E-state index in [2.05, 4.69) is 13.8 Å². The van der Waals surface area contributed by atoms with Crippen molar-refractivity contribution in [3.8, 4) is 0 Å². The maximum absolute atomic E-state index is 12.3. The molecule has 4 heterocycles. The van der Waals surface area contributed by atoms with E-state index in [9.17, 15) is 81.1 Å². The van der Waals surface area contributed by atoms with Crippen LogP contribution in [0.2, 0.25) is 0 Å². The summed E-state index contributed by atoms with van der Waals surface area (Å²) >= 11 is 0. The van der Waals surface area contributed by atoms with Crippen LogP contribution in [0.5, 0.6) is 0 Å². The smallest absolute Gasteiger partial charge is 0.305 e. The van der Waals surface area contributed by atoms with Gasteiger partial charge in [-0.2, -0.15) is 0 Å². The van der Waals surface area contributed by atoms with Gasteiger partial charge in [0.15, 0.2) is 12.6 Å². The van der Waals surface area contributed by atoms with Crippen molar-refractivity contribution >= 4 is 11.9 Å². The number of aliphatic hydroxyl groups is 14. The van der Waals surface area contributed by atoms with Crippen molar-refractivity contribution in [2.75, 3.05) is 39.6 Å². The Hall–Kier alpha value is -1.86. The number of carbonyl (C=O) groups is 2. The van der Waals surface area contributed by atoms with E-state index < -0.39 is 161 Å². The van der Waals surface area contributed by atoms with Crippen LogP contribution in [0.1, 0.15) is 232 Å². The molecule has 0 unspecified atom stereocenters. The molecule has 24 heteroatoms. The number of esters is 2. The van der Waals surface area contributed by atoms with Crippen molar-refractivity contribution < 1.29 is 119 Å². The minimum absolute atomic E-state index is 0.194. The molecule has 0 radical (unpaired) electrons. The van der Waals surface area contributed by atoms with Crippen molar-refractivity contribution in [2.45, 2.75) is 342 Å². The quantitative estimate of drug-likeness (QED) is 0.0306. The maximum Gasteiger partial charge on any atom is 0.305 e. The van der Waals surface area contributed by atoms with Crippen LogP contribution in [0.25, 0.3) is 0 Å². The summed E-state index contributed by atoms with van der Waals surface area (Å²) in [5.41, 5.74) is 0. The zero-order valence-corrected chi connectivity index (χ0v) is 51.9. The third kappa shape index (κ3) is 26.8. The van der Waals surface area contributed by atoms with Crippen LogP contribution in [0.3, 0.4) is 0 Å². The lowest BCUT2D eigenvalue weighted by atomic mass is 9.99. The van der Waals surface area contributed by atoms with Crippen molar-refractivity contribution in [3.63, 3.8) is 0 Å². The molecule has 4 fully saturated rings. The Morgan fingerprint density at radius 2 is 0.593 bits per heavy atom. The fraction of sp³-hybridized carbons (Fsp3) is 0.968. The van der Waals surface area contributed by atoms with E-state index in [-0.39, 0.29) is 12.8 Å². The number of hydrogen-bond donors (Lipinski definition) is 14. The Kier molecular flexibility index (Phi) is 40.7. The number of carbonyl (C=O) groups excluding carboxylic acids is 2. The largest absolute Gasteiger partial charge is 0.463 e. The van der Waals surface area contributed by atoms with E-state index in [4.69, 9.17) is 37.9 Å². The zero-order valence-electron chi connectivity index (χ0n) is 51.9. The first-order chi connectivity index (χ1) is 41.4. The van der Waals surface area contributed by atoms with E-state index >= 15 is 0 Å². The number of aliphatic hydroxyl groups excluding tert-OH is 14. The second-order valence-corrected chi connectivity index (χ2v) is 24.2. The fourth-order valence-electron chi connectivity index (χ4n) is 11.4. The lowest BCUT2D eigenvalue weighted by Gasteiger charge is -2.43. The van der Waals surface area contributed by atoms with E-state index in [1.165, 1.54) is 154 Å². The fourth-order valence-corrected chi connectivity index (χ4v) is 11.4.